The Labute approximate surface area is 399 Å². The molecule has 2 aliphatic rings. The Morgan fingerprint density at radius 1 is 0.739 bits per heavy atom. The molecule has 19 heteroatoms. The van der Waals surface area contributed by atoms with Gasteiger partial charge in [-0.1, -0.05) is 30.6 Å². The molecule has 8 rings (SSSR count). The highest BCUT2D eigenvalue weighted by molar-refractivity contribution is 6.05. The summed E-state index contributed by atoms with van der Waals surface area (Å²) in [6.07, 6.45) is 10.3. The van der Waals surface area contributed by atoms with Gasteiger partial charge in [0.1, 0.15) is 40.5 Å². The van der Waals surface area contributed by atoms with E-state index in [4.69, 9.17) is 30.9 Å². The number of carbonyl (C=O) groups excluding carboxylic acids is 4. The van der Waals surface area contributed by atoms with Crippen molar-refractivity contribution < 1.29 is 28.7 Å². The van der Waals surface area contributed by atoms with Gasteiger partial charge in [0.2, 0.25) is 23.7 Å². The molecule has 5 heterocycles. The van der Waals surface area contributed by atoms with Crippen LogP contribution in [0.1, 0.15) is 105 Å². The largest absolute Gasteiger partial charge is 0.494 e. The summed E-state index contributed by atoms with van der Waals surface area (Å²) in [5.41, 5.74) is 16.9. The fourth-order valence-electron chi connectivity index (χ4n) is 8.81. The average Bonchev–Trinajstić information content (AvgIpc) is 3.59. The van der Waals surface area contributed by atoms with Crippen LogP contribution in [0.5, 0.6) is 11.5 Å². The van der Waals surface area contributed by atoms with Gasteiger partial charge in [0.15, 0.2) is 0 Å². The Morgan fingerprint density at radius 3 is 1.72 bits per heavy atom. The van der Waals surface area contributed by atoms with Crippen LogP contribution in [0.25, 0.3) is 22.1 Å². The van der Waals surface area contributed by atoms with Crippen molar-refractivity contribution in [2.75, 3.05) is 37.4 Å². The third kappa shape index (κ3) is 10.6. The molecule has 19 nitrogen and oxygen atoms in total. The molecule has 69 heavy (non-hydrogen) atoms. The second kappa shape index (κ2) is 20.6. The van der Waals surface area contributed by atoms with Crippen LogP contribution in [0.4, 0.5) is 11.9 Å². The van der Waals surface area contributed by atoms with Crippen LogP contribution in [0.15, 0.2) is 60.8 Å². The zero-order valence-electron chi connectivity index (χ0n) is 39.8. The Bertz CT molecular complexity index is 3060. The van der Waals surface area contributed by atoms with Crippen LogP contribution in [0, 0.1) is 37.5 Å². The minimum atomic E-state index is -0.676. The molecular formula is C50H59N13O6. The van der Waals surface area contributed by atoms with Crippen LogP contribution in [0.2, 0.25) is 0 Å². The van der Waals surface area contributed by atoms with Gasteiger partial charge >= 0.3 is 0 Å². The van der Waals surface area contributed by atoms with Gasteiger partial charge in [-0.05, 0) is 108 Å². The number of rotatable bonds is 19. The number of anilines is 2. The Kier molecular flexibility index (Phi) is 14.2. The number of aromatic nitrogens is 8. The second-order valence-corrected chi connectivity index (χ2v) is 17.6. The highest BCUT2D eigenvalue weighted by Gasteiger charge is 2.27. The summed E-state index contributed by atoms with van der Waals surface area (Å²) >= 11 is 0. The summed E-state index contributed by atoms with van der Waals surface area (Å²) in [5, 5.41) is 14.8. The first-order valence-electron chi connectivity index (χ1n) is 23.3. The molecule has 0 radical (unpaired) electrons. The minimum absolute atomic E-state index is 0.0339. The fraction of sp³-hybridized carbons (Fsp3) is 0.400. The number of hydrogen-bond acceptors (Lipinski definition) is 11. The first kappa shape index (κ1) is 47.6. The molecule has 0 bridgehead atoms. The quantitative estimate of drug-likeness (QED) is 0.0527. The van der Waals surface area contributed by atoms with Gasteiger partial charge in [-0.25, -0.2) is 9.97 Å². The summed E-state index contributed by atoms with van der Waals surface area (Å²) < 4.78 is 18.8. The number of amides is 4. The number of fused-ring (bicyclic) bond motifs is 2. The maximum Gasteiger partial charge on any atom is 0.276 e. The van der Waals surface area contributed by atoms with E-state index in [-0.39, 0.29) is 42.7 Å². The van der Waals surface area contributed by atoms with Crippen molar-refractivity contribution in [2.24, 2.45) is 23.3 Å². The predicted octanol–water partition coefficient (Wildman–Crippen LogP) is 6.20. The summed E-state index contributed by atoms with van der Waals surface area (Å²) in [7, 11) is 1.47. The molecule has 0 spiro atoms. The number of carbonyl (C=O) groups is 4. The number of methoxy groups -OCH3 is 1. The molecule has 1 saturated heterocycles. The molecular weight excluding hydrogens is 879 g/mol. The lowest BCUT2D eigenvalue weighted by molar-refractivity contribution is 0.0991. The Hall–Kier alpha value is -7.88. The minimum Gasteiger partial charge on any atom is -0.494 e. The molecule has 1 aliphatic carbocycles. The lowest BCUT2D eigenvalue weighted by Crippen LogP contribution is -2.32. The van der Waals surface area contributed by atoms with Crippen LogP contribution in [0.3, 0.4) is 0 Å². The van der Waals surface area contributed by atoms with Crippen LogP contribution >= 0.6 is 0 Å². The molecule has 0 atom stereocenters. The maximum absolute atomic E-state index is 13.9. The summed E-state index contributed by atoms with van der Waals surface area (Å²) in [4.78, 5) is 64.5. The highest BCUT2D eigenvalue weighted by Crippen LogP contribution is 2.37. The maximum atomic E-state index is 13.9. The van der Waals surface area contributed by atoms with Crippen LogP contribution < -0.4 is 31.6 Å². The van der Waals surface area contributed by atoms with E-state index < -0.39 is 23.6 Å². The third-order valence-corrected chi connectivity index (χ3v) is 12.6. The van der Waals surface area contributed by atoms with Gasteiger partial charge in [-0.3, -0.25) is 39.2 Å². The summed E-state index contributed by atoms with van der Waals surface area (Å²) in [5.74, 6) is 6.54. The van der Waals surface area contributed by atoms with Crippen molar-refractivity contribution in [3.8, 4) is 23.3 Å². The topological polar surface area (TPSA) is 237 Å². The monoisotopic (exact) mass is 937 g/mol. The van der Waals surface area contributed by atoms with E-state index in [1.54, 1.807) is 55.8 Å². The van der Waals surface area contributed by atoms with Gasteiger partial charge in [0.25, 0.3) is 11.8 Å². The molecule has 4 amide bonds. The molecule has 4 aromatic heterocycles. The van der Waals surface area contributed by atoms with Gasteiger partial charge in [0, 0.05) is 62.5 Å². The number of likely N-dealkylation sites (tertiary alicyclic amines) is 1. The lowest BCUT2D eigenvalue weighted by Gasteiger charge is -2.34. The normalized spacial score (nSPS) is 14.0. The van der Waals surface area contributed by atoms with E-state index in [1.165, 1.54) is 31.7 Å². The van der Waals surface area contributed by atoms with E-state index in [2.05, 4.69) is 44.2 Å². The number of nitrogens with zero attached hydrogens (tertiary/aromatic N) is 9. The van der Waals surface area contributed by atoms with Crippen LogP contribution in [-0.4, -0.2) is 94.0 Å². The smallest absolute Gasteiger partial charge is 0.276 e. The SMILES string of the molecule is C=C(CC1CC1)N1CCC(CC#CCOc2cc(C(N)=O)cc3nc(NC(=O)c4cc(C)nn4CC)n(C/C=C/Cn4c(NC(=O)c5cc(C)nn5CC)nc5cc(C(N)=O)cc(OC)c54)c23)CC1. The number of benzene rings is 2. The zero-order valence-corrected chi connectivity index (χ0v) is 39.8. The van der Waals surface area contributed by atoms with Crippen molar-refractivity contribution in [1.29, 1.82) is 0 Å². The number of aryl methyl sites for hydroxylation is 4. The predicted molar refractivity (Wildman–Crippen MR) is 262 cm³/mol. The number of nitrogens with two attached hydrogens (primary N) is 2. The number of allylic oxidation sites excluding steroid dienone is 3. The number of piperidine rings is 1. The molecule has 1 aliphatic heterocycles. The van der Waals surface area contributed by atoms with Gasteiger partial charge in [0.05, 0.1) is 29.5 Å². The van der Waals surface area contributed by atoms with Gasteiger partial charge < -0.3 is 35.0 Å². The molecule has 2 fully saturated rings. The van der Waals surface area contributed by atoms with Crippen molar-refractivity contribution in [1.82, 2.24) is 43.6 Å². The average molecular weight is 938 g/mol. The Balaban J connectivity index is 1.09. The number of hydrogen-bond donors (Lipinski definition) is 4. The standard InChI is InChI=1S/C50H59N13O6/c1-7-62-39(23-30(3)57-62)47(66)55-49-53-37-26-35(45(51)64)28-41(68-6)43(37)60(49)18-10-11-19-61-44-38(54-50(61)56-48(67)40-24-31(4)58-63(40)8-2)27-36(46(52)65)29-42(44)69-22-12-9-13-33-16-20-59(21-17-33)32(5)25-34-14-15-34/h10-11,23-24,26-29,33-34H,5,7-8,13-22,25H2,1-4,6H3,(H2,51,64)(H2,52,65)(H,53,55,66)(H,54,56,67)/b11-10+. The van der Waals surface area contributed by atoms with E-state index in [0.717, 1.165) is 44.7 Å². The zero-order chi connectivity index (χ0) is 48.9. The van der Waals surface area contributed by atoms with Gasteiger partial charge in [-0.2, -0.15) is 10.2 Å². The molecule has 360 valence electrons. The summed E-state index contributed by atoms with van der Waals surface area (Å²) in [6, 6.07) is 9.57. The number of ether oxygens (including phenoxy) is 2. The molecule has 0 unspecified atom stereocenters. The molecule has 2 aromatic carbocycles. The first-order chi connectivity index (χ1) is 33.2. The summed E-state index contributed by atoms with van der Waals surface area (Å²) in [6.45, 7) is 15.0. The molecule has 6 N–H and O–H groups in total. The molecule has 6 aromatic rings. The number of primary amides is 2. The lowest BCUT2D eigenvalue weighted by atomic mass is 9.93. The fourth-order valence-corrected chi connectivity index (χ4v) is 8.81. The van der Waals surface area contributed by atoms with E-state index in [1.807, 2.05) is 32.9 Å². The van der Waals surface area contributed by atoms with Crippen molar-refractivity contribution >= 4 is 57.6 Å². The molecule has 1 saturated carbocycles. The number of imidazole rings is 2. The van der Waals surface area contributed by atoms with E-state index in [0.29, 0.717) is 75.3 Å². The first-order valence-corrected chi connectivity index (χ1v) is 23.3. The highest BCUT2D eigenvalue weighted by atomic mass is 16.5. The van der Waals surface area contributed by atoms with E-state index in [9.17, 15) is 19.2 Å². The van der Waals surface area contributed by atoms with Crippen LogP contribution in [-0.2, 0) is 26.2 Å². The Morgan fingerprint density at radius 2 is 1.25 bits per heavy atom. The third-order valence-electron chi connectivity index (χ3n) is 12.6. The van der Waals surface area contributed by atoms with Crippen molar-refractivity contribution in [3.63, 3.8) is 0 Å². The number of nitrogens with one attached hydrogen (secondary N) is 2. The van der Waals surface area contributed by atoms with E-state index >= 15 is 0 Å². The second-order valence-electron chi connectivity index (χ2n) is 17.6. The van der Waals surface area contributed by atoms with Crippen molar-refractivity contribution in [3.05, 3.63) is 94.7 Å². The van der Waals surface area contributed by atoms with Crippen molar-refractivity contribution in [2.45, 2.75) is 92.4 Å². The van der Waals surface area contributed by atoms with Gasteiger partial charge in [-0.15, -0.1) is 0 Å².